The molecule has 2 aromatic carbocycles. The van der Waals surface area contributed by atoms with Gasteiger partial charge in [0.15, 0.2) is 0 Å². The van der Waals surface area contributed by atoms with Crippen molar-refractivity contribution in [2.24, 2.45) is 0 Å². The number of nitrogens with one attached hydrogen (secondary N) is 2. The van der Waals surface area contributed by atoms with Crippen molar-refractivity contribution in [2.75, 3.05) is 49.8 Å². The van der Waals surface area contributed by atoms with Crippen LogP contribution in [0.3, 0.4) is 0 Å². The molecule has 2 N–H and O–H groups in total. The molecule has 0 bridgehead atoms. The smallest absolute Gasteiger partial charge is 0.247 e. The zero-order chi connectivity index (χ0) is 27.7. The van der Waals surface area contributed by atoms with Gasteiger partial charge in [-0.05, 0) is 69.4 Å². The summed E-state index contributed by atoms with van der Waals surface area (Å²) in [5.41, 5.74) is 4.37. The van der Waals surface area contributed by atoms with Crippen LogP contribution in [0.5, 0.6) is 0 Å². The summed E-state index contributed by atoms with van der Waals surface area (Å²) in [7, 11) is 5.95. The van der Waals surface area contributed by atoms with Gasteiger partial charge in [-0.3, -0.25) is 4.79 Å². The highest BCUT2D eigenvalue weighted by molar-refractivity contribution is 6.34. The summed E-state index contributed by atoms with van der Waals surface area (Å²) in [6, 6.07) is 10.7. The molecular weight excluding hydrogens is 517 g/mol. The first-order chi connectivity index (χ1) is 18.7. The number of hydrogen-bond donors (Lipinski definition) is 2. The summed E-state index contributed by atoms with van der Waals surface area (Å²) in [5.74, 6) is -0.294. The number of benzene rings is 2. The van der Waals surface area contributed by atoms with E-state index in [2.05, 4.69) is 31.7 Å². The van der Waals surface area contributed by atoms with E-state index in [1.807, 2.05) is 44.4 Å². The van der Waals surface area contributed by atoms with E-state index in [9.17, 15) is 9.18 Å². The molecule has 0 saturated heterocycles. The van der Waals surface area contributed by atoms with Crippen molar-refractivity contribution in [1.82, 2.24) is 19.4 Å². The van der Waals surface area contributed by atoms with Crippen LogP contribution in [0.4, 0.5) is 27.4 Å². The van der Waals surface area contributed by atoms with Crippen molar-refractivity contribution in [3.63, 3.8) is 0 Å². The number of hydrogen-bond acceptors (Lipinski definition) is 6. The molecule has 4 aromatic rings. The van der Waals surface area contributed by atoms with Gasteiger partial charge in [-0.1, -0.05) is 18.2 Å². The molecule has 1 aliphatic rings. The van der Waals surface area contributed by atoms with E-state index in [1.54, 1.807) is 24.4 Å². The first-order valence-electron chi connectivity index (χ1n) is 12.8. The summed E-state index contributed by atoms with van der Waals surface area (Å²) < 4.78 is 16.4. The number of amides is 1. The Bertz CT molecular complexity index is 1550. The first-order valence-corrected chi connectivity index (χ1v) is 13.1. The van der Waals surface area contributed by atoms with E-state index in [1.165, 1.54) is 12.1 Å². The van der Waals surface area contributed by atoms with Gasteiger partial charge in [-0.2, -0.15) is 0 Å². The fourth-order valence-electron chi connectivity index (χ4n) is 4.50. The second-order valence-electron chi connectivity index (χ2n) is 10.0. The van der Waals surface area contributed by atoms with Gasteiger partial charge in [0, 0.05) is 55.0 Å². The van der Waals surface area contributed by atoms with E-state index < -0.39 is 0 Å². The molecule has 0 radical (unpaired) electrons. The number of nitrogens with zero attached hydrogens (tertiary/aromatic N) is 5. The SMILES string of the molecule is C=CC(=O)Nc1cc(Nc2nccc(-c3cn(C4CC4)c4ccc(F)cc34)n2)c(Cl)cc1N(C)CCN(C)C. The van der Waals surface area contributed by atoms with Crippen molar-refractivity contribution in [3.8, 4) is 11.3 Å². The molecule has 0 aliphatic heterocycles. The minimum Gasteiger partial charge on any atom is -0.372 e. The Kier molecular flexibility index (Phi) is 7.54. The maximum Gasteiger partial charge on any atom is 0.247 e. The number of likely N-dealkylation sites (N-methyl/N-ethyl adjacent to an activating group) is 2. The van der Waals surface area contributed by atoms with Crippen molar-refractivity contribution < 1.29 is 9.18 Å². The van der Waals surface area contributed by atoms with Gasteiger partial charge >= 0.3 is 0 Å². The van der Waals surface area contributed by atoms with Crippen LogP contribution >= 0.6 is 11.6 Å². The molecule has 0 spiro atoms. The Balaban J connectivity index is 1.48. The van der Waals surface area contributed by atoms with Crippen molar-refractivity contribution in [1.29, 1.82) is 0 Å². The van der Waals surface area contributed by atoms with Crippen LogP contribution in [0.25, 0.3) is 22.2 Å². The van der Waals surface area contributed by atoms with Crippen LogP contribution in [-0.2, 0) is 4.79 Å². The number of rotatable bonds is 10. The summed E-state index contributed by atoms with van der Waals surface area (Å²) in [4.78, 5) is 25.4. The zero-order valence-corrected chi connectivity index (χ0v) is 23.0. The third kappa shape index (κ3) is 5.89. The maximum absolute atomic E-state index is 14.2. The van der Waals surface area contributed by atoms with Crippen molar-refractivity contribution in [3.05, 3.63) is 72.3 Å². The Morgan fingerprint density at radius 3 is 2.69 bits per heavy atom. The normalized spacial score (nSPS) is 13.1. The lowest BCUT2D eigenvalue weighted by Gasteiger charge is -2.25. The number of aromatic nitrogens is 3. The second kappa shape index (κ2) is 11.0. The molecule has 1 fully saturated rings. The van der Waals surface area contributed by atoms with Gasteiger partial charge in [0.25, 0.3) is 0 Å². The fourth-order valence-corrected chi connectivity index (χ4v) is 4.71. The Morgan fingerprint density at radius 1 is 1.18 bits per heavy atom. The first kappa shape index (κ1) is 26.6. The number of fused-ring (bicyclic) bond motifs is 1. The number of carbonyl (C=O) groups is 1. The van der Waals surface area contributed by atoms with Gasteiger partial charge in [0.1, 0.15) is 5.82 Å². The summed E-state index contributed by atoms with van der Waals surface area (Å²) in [6.45, 7) is 5.11. The van der Waals surface area contributed by atoms with Gasteiger partial charge in [-0.25, -0.2) is 14.4 Å². The van der Waals surface area contributed by atoms with Crippen LogP contribution in [0.15, 0.2) is 61.4 Å². The lowest BCUT2D eigenvalue weighted by atomic mass is 10.1. The third-order valence-corrected chi connectivity index (χ3v) is 7.05. The minimum atomic E-state index is -0.330. The van der Waals surface area contributed by atoms with Crippen LogP contribution < -0.4 is 15.5 Å². The fraction of sp³-hybridized carbons (Fsp3) is 0.276. The molecule has 202 valence electrons. The topological polar surface area (TPSA) is 78.3 Å². The average Bonchev–Trinajstić information content (AvgIpc) is 3.69. The molecule has 39 heavy (non-hydrogen) atoms. The van der Waals surface area contributed by atoms with Gasteiger partial charge in [0.05, 0.1) is 27.8 Å². The number of halogens is 2. The standard InChI is InChI=1S/C29H31ClFN7O/c1-5-28(39)33-25-16-24(22(30)15-27(25)37(4)13-12-36(2)3)35-29-32-11-10-23(34-29)21-17-38(19-7-8-19)26-9-6-18(31)14-20(21)26/h5-6,9-11,14-17,19H,1,7-8,12-13H2,2-4H3,(H,33,39)(H,32,34,35). The molecule has 1 amide bonds. The zero-order valence-electron chi connectivity index (χ0n) is 22.2. The predicted octanol–water partition coefficient (Wildman–Crippen LogP) is 6.09. The molecule has 0 atom stereocenters. The van der Waals surface area contributed by atoms with E-state index >= 15 is 0 Å². The number of anilines is 4. The minimum absolute atomic E-state index is 0.291. The monoisotopic (exact) mass is 547 g/mol. The van der Waals surface area contributed by atoms with Crippen LogP contribution in [0, 0.1) is 5.82 Å². The average molecular weight is 548 g/mol. The quantitative estimate of drug-likeness (QED) is 0.234. The van der Waals surface area contributed by atoms with E-state index in [0.29, 0.717) is 34.1 Å². The Labute approximate surface area is 232 Å². The molecule has 0 unspecified atom stereocenters. The largest absolute Gasteiger partial charge is 0.372 e. The lowest BCUT2D eigenvalue weighted by Crippen LogP contribution is -2.29. The van der Waals surface area contributed by atoms with Gasteiger partial charge in [-0.15, -0.1) is 0 Å². The summed E-state index contributed by atoms with van der Waals surface area (Å²) in [6.07, 6.45) is 7.14. The van der Waals surface area contributed by atoms with Crippen LogP contribution in [-0.4, -0.2) is 59.6 Å². The van der Waals surface area contributed by atoms with Gasteiger partial charge < -0.3 is 25.0 Å². The lowest BCUT2D eigenvalue weighted by molar-refractivity contribution is -0.111. The molecule has 8 nitrogen and oxygen atoms in total. The van der Waals surface area contributed by atoms with Crippen LogP contribution in [0.2, 0.25) is 5.02 Å². The summed E-state index contributed by atoms with van der Waals surface area (Å²) >= 11 is 6.69. The highest BCUT2D eigenvalue weighted by Gasteiger charge is 2.26. The Hall–Kier alpha value is -3.95. The molecule has 1 aliphatic carbocycles. The molecule has 10 heteroatoms. The molecule has 1 saturated carbocycles. The Morgan fingerprint density at radius 2 is 1.97 bits per heavy atom. The van der Waals surface area contributed by atoms with Crippen molar-refractivity contribution >= 4 is 51.4 Å². The highest BCUT2D eigenvalue weighted by atomic mass is 35.5. The molecule has 2 heterocycles. The van der Waals surface area contributed by atoms with Gasteiger partial charge in [0.2, 0.25) is 11.9 Å². The molecular formula is C29H31ClFN7O. The van der Waals surface area contributed by atoms with E-state index in [-0.39, 0.29) is 11.7 Å². The summed E-state index contributed by atoms with van der Waals surface area (Å²) in [5, 5.41) is 7.32. The van der Waals surface area contributed by atoms with E-state index in [0.717, 1.165) is 48.1 Å². The number of carbonyl (C=O) groups excluding carboxylic acids is 1. The predicted molar refractivity (Wildman–Crippen MR) is 157 cm³/mol. The second-order valence-corrected chi connectivity index (χ2v) is 10.4. The highest BCUT2D eigenvalue weighted by Crippen LogP contribution is 2.41. The third-order valence-electron chi connectivity index (χ3n) is 6.74. The molecule has 2 aromatic heterocycles. The maximum atomic E-state index is 14.2. The van der Waals surface area contributed by atoms with E-state index in [4.69, 9.17) is 16.6 Å². The van der Waals surface area contributed by atoms with Crippen LogP contribution in [0.1, 0.15) is 18.9 Å². The molecule has 5 rings (SSSR count). The van der Waals surface area contributed by atoms with Crippen molar-refractivity contribution in [2.45, 2.75) is 18.9 Å².